The van der Waals surface area contributed by atoms with Crippen molar-refractivity contribution in [1.82, 2.24) is 5.32 Å². The Hall–Kier alpha value is -0.530. The van der Waals surface area contributed by atoms with Crippen LogP contribution in [0.3, 0.4) is 0 Å². The molecule has 0 radical (unpaired) electrons. The number of rotatable bonds is 3. The molecular formula is C16H24ClN. The van der Waals surface area contributed by atoms with E-state index in [0.29, 0.717) is 12.1 Å². The summed E-state index contributed by atoms with van der Waals surface area (Å²) in [5.74, 6) is 1.65. The Labute approximate surface area is 116 Å². The van der Waals surface area contributed by atoms with Crippen LogP contribution in [-0.2, 0) is 0 Å². The van der Waals surface area contributed by atoms with Crippen molar-refractivity contribution in [3.05, 3.63) is 34.9 Å². The predicted molar refractivity (Wildman–Crippen MR) is 79.0 cm³/mol. The molecule has 2 rings (SSSR count). The zero-order chi connectivity index (χ0) is 13.1. The molecular weight excluding hydrogens is 242 g/mol. The fourth-order valence-electron chi connectivity index (χ4n) is 2.93. The molecule has 100 valence electrons. The minimum Gasteiger partial charge on any atom is -0.307 e. The monoisotopic (exact) mass is 265 g/mol. The van der Waals surface area contributed by atoms with E-state index in [1.165, 1.54) is 24.8 Å². The maximum absolute atomic E-state index is 5.93. The van der Waals surface area contributed by atoms with Crippen LogP contribution < -0.4 is 5.32 Å². The smallest absolute Gasteiger partial charge is 0.0406 e. The third-order valence-corrected chi connectivity index (χ3v) is 4.54. The molecule has 4 atom stereocenters. The van der Waals surface area contributed by atoms with Gasteiger partial charge in [0.1, 0.15) is 0 Å². The van der Waals surface area contributed by atoms with Crippen LogP contribution in [0.1, 0.15) is 51.6 Å². The average Bonchev–Trinajstić information content (AvgIpc) is 2.34. The van der Waals surface area contributed by atoms with Crippen molar-refractivity contribution >= 4 is 11.6 Å². The van der Waals surface area contributed by atoms with Crippen molar-refractivity contribution in [2.24, 2.45) is 11.8 Å². The molecule has 0 bridgehead atoms. The molecule has 0 aromatic heterocycles. The van der Waals surface area contributed by atoms with E-state index >= 15 is 0 Å². The summed E-state index contributed by atoms with van der Waals surface area (Å²) in [5.41, 5.74) is 1.32. The van der Waals surface area contributed by atoms with Crippen molar-refractivity contribution in [1.29, 1.82) is 0 Å². The second-order valence-corrected chi connectivity index (χ2v) is 6.38. The molecule has 2 heteroatoms. The maximum Gasteiger partial charge on any atom is 0.0406 e. The molecule has 0 amide bonds. The number of halogens is 1. The van der Waals surface area contributed by atoms with Crippen LogP contribution in [0, 0.1) is 11.8 Å². The van der Waals surface area contributed by atoms with E-state index in [2.05, 4.69) is 38.2 Å². The minimum absolute atomic E-state index is 0.403. The topological polar surface area (TPSA) is 12.0 Å². The lowest BCUT2D eigenvalue weighted by Gasteiger charge is -2.35. The quantitative estimate of drug-likeness (QED) is 0.827. The SMILES string of the molecule is CC1CCC(C)C(NC(C)c2ccc(Cl)cc2)C1. The second kappa shape index (κ2) is 6.08. The van der Waals surface area contributed by atoms with E-state index in [1.807, 2.05) is 12.1 Å². The molecule has 1 saturated carbocycles. The largest absolute Gasteiger partial charge is 0.307 e. The molecule has 1 fully saturated rings. The molecule has 18 heavy (non-hydrogen) atoms. The van der Waals surface area contributed by atoms with Crippen LogP contribution in [0.4, 0.5) is 0 Å². The summed E-state index contributed by atoms with van der Waals surface area (Å²) >= 11 is 5.93. The molecule has 1 aromatic rings. The summed E-state index contributed by atoms with van der Waals surface area (Å²) in [6, 6.07) is 9.25. The third-order valence-electron chi connectivity index (χ3n) is 4.29. The lowest BCUT2D eigenvalue weighted by atomic mass is 9.79. The normalized spacial score (nSPS) is 30.1. The Morgan fingerprint density at radius 3 is 2.50 bits per heavy atom. The molecule has 1 aliphatic rings. The highest BCUT2D eigenvalue weighted by atomic mass is 35.5. The summed E-state index contributed by atoms with van der Waals surface area (Å²) in [5, 5.41) is 4.60. The lowest BCUT2D eigenvalue weighted by Crippen LogP contribution is -2.40. The summed E-state index contributed by atoms with van der Waals surface area (Å²) in [7, 11) is 0. The van der Waals surface area contributed by atoms with E-state index in [4.69, 9.17) is 11.6 Å². The Bertz CT molecular complexity index is 373. The molecule has 1 N–H and O–H groups in total. The number of benzene rings is 1. The van der Waals surface area contributed by atoms with Gasteiger partial charge in [0.2, 0.25) is 0 Å². The molecule has 1 aromatic carbocycles. The molecule has 0 aliphatic heterocycles. The van der Waals surface area contributed by atoms with E-state index in [1.54, 1.807) is 0 Å². The van der Waals surface area contributed by atoms with Gasteiger partial charge >= 0.3 is 0 Å². The number of hydrogen-bond donors (Lipinski definition) is 1. The van der Waals surface area contributed by atoms with E-state index in [0.717, 1.165) is 16.9 Å². The van der Waals surface area contributed by atoms with Gasteiger partial charge in [-0.2, -0.15) is 0 Å². The van der Waals surface area contributed by atoms with Crippen molar-refractivity contribution < 1.29 is 0 Å². The molecule has 1 aliphatic carbocycles. The standard InChI is InChI=1S/C16H24ClN/c1-11-4-5-12(2)16(10-11)18-13(3)14-6-8-15(17)9-7-14/h6-9,11-13,16,18H,4-5,10H2,1-3H3. The third kappa shape index (κ3) is 3.49. The van der Waals surface area contributed by atoms with Crippen molar-refractivity contribution in [2.75, 3.05) is 0 Å². The van der Waals surface area contributed by atoms with Gasteiger partial charge in [0.05, 0.1) is 0 Å². The molecule has 4 unspecified atom stereocenters. The zero-order valence-corrected chi connectivity index (χ0v) is 12.4. The van der Waals surface area contributed by atoms with E-state index < -0.39 is 0 Å². The number of hydrogen-bond acceptors (Lipinski definition) is 1. The van der Waals surface area contributed by atoms with Gasteiger partial charge in [-0.3, -0.25) is 0 Å². The van der Waals surface area contributed by atoms with Gasteiger partial charge in [-0.1, -0.05) is 44.0 Å². The Morgan fingerprint density at radius 2 is 1.83 bits per heavy atom. The summed E-state index contributed by atoms with van der Waals surface area (Å²) in [6.45, 7) is 6.99. The highest BCUT2D eigenvalue weighted by molar-refractivity contribution is 6.30. The average molecular weight is 266 g/mol. The first-order valence-electron chi connectivity index (χ1n) is 7.07. The summed E-state index contributed by atoms with van der Waals surface area (Å²) in [4.78, 5) is 0. The van der Waals surface area contributed by atoms with Crippen molar-refractivity contribution in [3.63, 3.8) is 0 Å². The fourth-order valence-corrected chi connectivity index (χ4v) is 3.06. The van der Waals surface area contributed by atoms with Crippen LogP contribution in [0.5, 0.6) is 0 Å². The van der Waals surface area contributed by atoms with Crippen molar-refractivity contribution in [2.45, 2.75) is 52.1 Å². The van der Waals surface area contributed by atoms with Crippen molar-refractivity contribution in [3.8, 4) is 0 Å². The van der Waals surface area contributed by atoms with Gasteiger partial charge in [0.15, 0.2) is 0 Å². The summed E-state index contributed by atoms with van der Waals surface area (Å²) in [6.07, 6.45) is 4.04. The predicted octanol–water partition coefficient (Wildman–Crippen LogP) is 4.82. The van der Waals surface area contributed by atoms with Crippen LogP contribution in [-0.4, -0.2) is 6.04 Å². The first-order chi connectivity index (χ1) is 8.56. The summed E-state index contributed by atoms with van der Waals surface area (Å²) < 4.78 is 0. The molecule has 0 saturated heterocycles. The van der Waals surface area contributed by atoms with Gasteiger partial charge in [-0.05, 0) is 49.3 Å². The van der Waals surface area contributed by atoms with Gasteiger partial charge in [-0.25, -0.2) is 0 Å². The van der Waals surface area contributed by atoms with Crippen LogP contribution in [0.15, 0.2) is 24.3 Å². The van der Waals surface area contributed by atoms with E-state index in [-0.39, 0.29) is 0 Å². The Kier molecular flexibility index (Phi) is 4.69. The number of nitrogens with one attached hydrogen (secondary N) is 1. The van der Waals surface area contributed by atoms with Gasteiger partial charge in [0.25, 0.3) is 0 Å². The van der Waals surface area contributed by atoms with Gasteiger partial charge < -0.3 is 5.32 Å². The highest BCUT2D eigenvalue weighted by Gasteiger charge is 2.26. The second-order valence-electron chi connectivity index (χ2n) is 5.94. The Morgan fingerprint density at radius 1 is 1.17 bits per heavy atom. The lowest BCUT2D eigenvalue weighted by molar-refractivity contribution is 0.216. The minimum atomic E-state index is 0.403. The van der Waals surface area contributed by atoms with Gasteiger partial charge in [-0.15, -0.1) is 0 Å². The molecule has 0 spiro atoms. The van der Waals surface area contributed by atoms with Crippen LogP contribution in [0.2, 0.25) is 5.02 Å². The zero-order valence-electron chi connectivity index (χ0n) is 11.6. The molecule has 1 nitrogen and oxygen atoms in total. The maximum atomic E-state index is 5.93. The van der Waals surface area contributed by atoms with Crippen LogP contribution >= 0.6 is 11.6 Å². The Balaban J connectivity index is 1.97. The van der Waals surface area contributed by atoms with E-state index in [9.17, 15) is 0 Å². The fraction of sp³-hybridized carbons (Fsp3) is 0.625. The molecule has 0 heterocycles. The van der Waals surface area contributed by atoms with Gasteiger partial charge in [0, 0.05) is 17.1 Å². The first kappa shape index (κ1) is 13.9. The highest BCUT2D eigenvalue weighted by Crippen LogP contribution is 2.30. The van der Waals surface area contributed by atoms with Crippen LogP contribution in [0.25, 0.3) is 0 Å². The first-order valence-corrected chi connectivity index (χ1v) is 7.45.